The average molecular weight is 274 g/mol. The molecule has 0 aliphatic carbocycles. The predicted octanol–water partition coefficient (Wildman–Crippen LogP) is 3.66. The summed E-state index contributed by atoms with van der Waals surface area (Å²) < 4.78 is 0. The summed E-state index contributed by atoms with van der Waals surface area (Å²) in [5.74, 6) is 0. The molecule has 2 rings (SSSR count). The molecule has 2 heteroatoms. The molecule has 1 unspecified atom stereocenters. The van der Waals surface area contributed by atoms with Gasteiger partial charge in [0.05, 0.1) is 0 Å². The highest BCUT2D eigenvalue weighted by Gasteiger charge is 2.19. The molecule has 0 amide bonds. The minimum Gasteiger partial charge on any atom is -0.313 e. The van der Waals surface area contributed by atoms with Crippen molar-refractivity contribution in [2.24, 2.45) is 0 Å². The summed E-state index contributed by atoms with van der Waals surface area (Å²) in [5, 5.41) is 3.68. The molecule has 1 aliphatic rings. The number of hydrogen-bond donors (Lipinski definition) is 1. The van der Waals surface area contributed by atoms with Crippen LogP contribution in [-0.2, 0) is 6.54 Å². The lowest BCUT2D eigenvalue weighted by atomic mass is 10.0. The maximum absolute atomic E-state index is 3.68. The fraction of sp³-hybridized carbons (Fsp3) is 0.667. The largest absolute Gasteiger partial charge is 0.313 e. The molecule has 1 heterocycles. The van der Waals surface area contributed by atoms with Crippen molar-refractivity contribution >= 4 is 0 Å². The van der Waals surface area contributed by atoms with Crippen LogP contribution in [0.2, 0.25) is 0 Å². The normalized spacial score (nSPS) is 19.8. The molecule has 112 valence electrons. The highest BCUT2D eigenvalue weighted by atomic mass is 15.2. The molecule has 1 aliphatic heterocycles. The highest BCUT2D eigenvalue weighted by Crippen LogP contribution is 2.18. The summed E-state index contributed by atoms with van der Waals surface area (Å²) >= 11 is 0. The molecule has 0 radical (unpaired) electrons. The molecule has 0 saturated carbocycles. The third-order valence-electron chi connectivity index (χ3n) is 4.60. The third-order valence-corrected chi connectivity index (χ3v) is 4.60. The van der Waals surface area contributed by atoms with Crippen LogP contribution < -0.4 is 5.32 Å². The summed E-state index contributed by atoms with van der Waals surface area (Å²) in [6.07, 6.45) is 4.05. The summed E-state index contributed by atoms with van der Waals surface area (Å²) in [7, 11) is 0. The van der Waals surface area contributed by atoms with E-state index in [1.807, 2.05) is 0 Å². The van der Waals surface area contributed by atoms with Gasteiger partial charge >= 0.3 is 0 Å². The Bertz CT molecular complexity index is 399. The van der Waals surface area contributed by atoms with Gasteiger partial charge in [-0.05, 0) is 63.8 Å². The van der Waals surface area contributed by atoms with Crippen molar-refractivity contribution in [2.75, 3.05) is 13.1 Å². The van der Waals surface area contributed by atoms with Crippen molar-refractivity contribution in [3.05, 3.63) is 34.9 Å². The zero-order valence-electron chi connectivity index (χ0n) is 13.6. The number of rotatable bonds is 5. The van der Waals surface area contributed by atoms with Gasteiger partial charge in [-0.15, -0.1) is 0 Å². The fourth-order valence-corrected chi connectivity index (χ4v) is 3.12. The summed E-state index contributed by atoms with van der Waals surface area (Å²) in [5.41, 5.74) is 4.36. The van der Waals surface area contributed by atoms with E-state index in [0.29, 0.717) is 12.1 Å². The Labute approximate surface area is 124 Å². The van der Waals surface area contributed by atoms with Crippen molar-refractivity contribution in [1.29, 1.82) is 0 Å². The number of nitrogens with one attached hydrogen (secondary N) is 1. The number of hydrogen-bond acceptors (Lipinski definition) is 2. The van der Waals surface area contributed by atoms with Gasteiger partial charge in [-0.25, -0.2) is 0 Å². The standard InChI is InChI=1S/C18H30N2/c1-14(2)20(12-17-10-5-6-11-19-17)13-18-15(3)8-7-9-16(18)4/h7-9,14,17,19H,5-6,10-13H2,1-4H3. The van der Waals surface area contributed by atoms with E-state index in [1.54, 1.807) is 0 Å². The Morgan fingerprint density at radius 2 is 1.90 bits per heavy atom. The van der Waals surface area contributed by atoms with E-state index in [4.69, 9.17) is 0 Å². The first-order valence-corrected chi connectivity index (χ1v) is 8.10. The van der Waals surface area contributed by atoms with Gasteiger partial charge in [0.15, 0.2) is 0 Å². The first-order chi connectivity index (χ1) is 9.58. The highest BCUT2D eigenvalue weighted by molar-refractivity contribution is 5.33. The molecule has 1 saturated heterocycles. The maximum Gasteiger partial charge on any atom is 0.0242 e. The van der Waals surface area contributed by atoms with Crippen LogP contribution in [-0.4, -0.2) is 30.1 Å². The van der Waals surface area contributed by atoms with E-state index in [1.165, 1.54) is 49.0 Å². The Balaban J connectivity index is 2.05. The Hall–Kier alpha value is -0.860. The van der Waals surface area contributed by atoms with E-state index in [0.717, 1.165) is 6.54 Å². The van der Waals surface area contributed by atoms with Crippen LogP contribution in [0.3, 0.4) is 0 Å². The second-order valence-corrected chi connectivity index (χ2v) is 6.54. The smallest absolute Gasteiger partial charge is 0.0242 e. The van der Waals surface area contributed by atoms with Crippen LogP contribution in [0, 0.1) is 13.8 Å². The predicted molar refractivity (Wildman–Crippen MR) is 87.1 cm³/mol. The molecule has 1 fully saturated rings. The van der Waals surface area contributed by atoms with Crippen LogP contribution in [0.5, 0.6) is 0 Å². The van der Waals surface area contributed by atoms with Crippen molar-refractivity contribution in [3.8, 4) is 0 Å². The van der Waals surface area contributed by atoms with Crippen LogP contribution in [0.4, 0.5) is 0 Å². The van der Waals surface area contributed by atoms with Gasteiger partial charge in [0.25, 0.3) is 0 Å². The lowest BCUT2D eigenvalue weighted by Gasteiger charge is -2.34. The molecule has 0 bridgehead atoms. The van der Waals surface area contributed by atoms with Crippen molar-refractivity contribution in [3.63, 3.8) is 0 Å². The molecular formula is C18H30N2. The molecule has 1 N–H and O–H groups in total. The van der Waals surface area contributed by atoms with Gasteiger partial charge in [0.2, 0.25) is 0 Å². The maximum atomic E-state index is 3.68. The minimum absolute atomic E-state index is 0.595. The number of benzene rings is 1. The van der Waals surface area contributed by atoms with Gasteiger partial charge < -0.3 is 5.32 Å². The van der Waals surface area contributed by atoms with Gasteiger partial charge in [-0.2, -0.15) is 0 Å². The molecule has 0 aromatic heterocycles. The van der Waals surface area contributed by atoms with Crippen LogP contribution in [0.15, 0.2) is 18.2 Å². The van der Waals surface area contributed by atoms with Crippen molar-refractivity contribution in [2.45, 2.75) is 65.6 Å². The monoisotopic (exact) mass is 274 g/mol. The third kappa shape index (κ3) is 4.07. The number of nitrogens with zero attached hydrogens (tertiary/aromatic N) is 1. The van der Waals surface area contributed by atoms with E-state index in [-0.39, 0.29) is 0 Å². The van der Waals surface area contributed by atoms with Crippen LogP contribution >= 0.6 is 0 Å². The quantitative estimate of drug-likeness (QED) is 0.881. The fourth-order valence-electron chi connectivity index (χ4n) is 3.12. The zero-order valence-corrected chi connectivity index (χ0v) is 13.6. The first kappa shape index (κ1) is 15.5. The van der Waals surface area contributed by atoms with E-state index < -0.39 is 0 Å². The van der Waals surface area contributed by atoms with Crippen LogP contribution in [0.1, 0.15) is 49.8 Å². The Morgan fingerprint density at radius 3 is 2.45 bits per heavy atom. The van der Waals surface area contributed by atoms with Crippen LogP contribution in [0.25, 0.3) is 0 Å². The van der Waals surface area contributed by atoms with Gasteiger partial charge in [0.1, 0.15) is 0 Å². The second kappa shape index (κ2) is 7.24. The lowest BCUT2D eigenvalue weighted by Crippen LogP contribution is -2.45. The minimum atomic E-state index is 0.595. The molecular weight excluding hydrogens is 244 g/mol. The molecule has 2 nitrogen and oxygen atoms in total. The zero-order chi connectivity index (χ0) is 14.5. The molecule has 1 aromatic rings. The average Bonchev–Trinajstić information content (AvgIpc) is 2.42. The molecule has 1 atom stereocenters. The van der Waals surface area contributed by atoms with Gasteiger partial charge in [-0.1, -0.05) is 24.6 Å². The van der Waals surface area contributed by atoms with Crippen molar-refractivity contribution < 1.29 is 0 Å². The molecule has 20 heavy (non-hydrogen) atoms. The van der Waals surface area contributed by atoms with E-state index >= 15 is 0 Å². The summed E-state index contributed by atoms with van der Waals surface area (Å²) in [6, 6.07) is 7.91. The van der Waals surface area contributed by atoms with E-state index in [2.05, 4.69) is 56.1 Å². The van der Waals surface area contributed by atoms with Gasteiger partial charge in [0, 0.05) is 25.2 Å². The number of aryl methyl sites for hydroxylation is 2. The van der Waals surface area contributed by atoms with Crippen molar-refractivity contribution in [1.82, 2.24) is 10.2 Å². The molecule has 1 aromatic carbocycles. The summed E-state index contributed by atoms with van der Waals surface area (Å²) in [6.45, 7) is 12.5. The summed E-state index contributed by atoms with van der Waals surface area (Å²) in [4.78, 5) is 2.62. The van der Waals surface area contributed by atoms with E-state index in [9.17, 15) is 0 Å². The number of piperidine rings is 1. The lowest BCUT2D eigenvalue weighted by molar-refractivity contribution is 0.176. The van der Waals surface area contributed by atoms with Gasteiger partial charge in [-0.3, -0.25) is 4.90 Å². The SMILES string of the molecule is Cc1cccc(C)c1CN(CC1CCCCN1)C(C)C. The first-order valence-electron chi connectivity index (χ1n) is 8.10. The second-order valence-electron chi connectivity index (χ2n) is 6.54. The Morgan fingerprint density at radius 1 is 1.20 bits per heavy atom. The molecule has 0 spiro atoms. The Kier molecular flexibility index (Phi) is 5.62. The topological polar surface area (TPSA) is 15.3 Å².